The molecule has 594 valence electrons. The third-order valence-corrected chi connectivity index (χ3v) is 22.4. The van der Waals surface area contributed by atoms with E-state index >= 15 is 0 Å². The lowest BCUT2D eigenvalue weighted by atomic mass is 9.99. The van der Waals surface area contributed by atoms with Crippen molar-refractivity contribution in [1.82, 2.24) is 39.9 Å². The fraction of sp³-hybridized carbons (Fsp3) is 0.600. The molecule has 12 fully saturated rings. The van der Waals surface area contributed by atoms with Crippen molar-refractivity contribution >= 4 is 44.1 Å². The Morgan fingerprint density at radius 1 is 0.259 bits per heavy atom. The van der Waals surface area contributed by atoms with Gasteiger partial charge in [-0.2, -0.15) is 0 Å². The molecule has 4 aromatic carbocycles. The molecule has 20 atom stereocenters. The summed E-state index contributed by atoms with van der Waals surface area (Å²) in [5, 5.41) is 2.09. The first kappa shape index (κ1) is 72.3. The van der Waals surface area contributed by atoms with Crippen LogP contribution in [0.15, 0.2) is 72.8 Å². The summed E-state index contributed by atoms with van der Waals surface area (Å²) in [4.78, 5) is 39.8. The Morgan fingerprint density at radius 3 is 0.768 bits per heavy atom. The van der Waals surface area contributed by atoms with Gasteiger partial charge in [-0.25, -0.2) is 29.9 Å². The summed E-state index contributed by atoms with van der Waals surface area (Å²) < 4.78 is 165. The van der Waals surface area contributed by atoms with E-state index < -0.39 is 169 Å². The molecule has 0 aliphatic carbocycles. The van der Waals surface area contributed by atoms with Gasteiger partial charge in [0.2, 0.25) is 11.5 Å². The van der Waals surface area contributed by atoms with Gasteiger partial charge in [-0.05, 0) is 111 Å². The van der Waals surface area contributed by atoms with Crippen LogP contribution in [0.25, 0.3) is 89.7 Å². The molecule has 32 nitrogen and oxygen atoms in total. The molecule has 0 spiro atoms. The Kier molecular flexibility index (Phi) is 16.2. The van der Waals surface area contributed by atoms with Crippen LogP contribution in [-0.2, 0) is 94.7 Å². The van der Waals surface area contributed by atoms with E-state index in [0.29, 0.717) is 45.2 Å². The molecule has 0 unspecified atom stereocenters. The standard InChI is InChI=1S/C80H90N8O24/c1-73(2)97-45-39(93-69-57(53(45)101-73)105-77(9,10)109-69)29-89-49-43-44(68-87-66-38-28-22-20-26-36(38)64(85-66)83-62-34-24-18-17-23-33(34)61(81-62)82-63-35-25-19-21-27-37(35)65(84-63)86-67(43)88-68)50(90-30-40-46-54(102-74(3,4)98-46)58-70(94-40)110-78(11,12)106-58)52(92-32-42-48-56(104-76(7,8)100-48)60-72(96-42)112-80(15,16)108-60)51(49)91-31-41-47-55(103-75(5,6)99-47)59-71(95-41)111-79(13,14)107-59/h17-28,39-42,45-48,53-60,69-72H,29-32H2,1-16H3,(H2,81,82,83,84,85,86,87,88)/t39-,40-,41-,42-,45+,46+,47+,48+,53+,54+,55+,56+,57-,58-,59-,60-,69-,70-,71-,72-/m1/s1. The summed E-state index contributed by atoms with van der Waals surface area (Å²) in [6, 6.07) is 23.4. The molecule has 0 radical (unpaired) electrons. The zero-order valence-corrected chi connectivity index (χ0v) is 64.8. The lowest BCUT2D eigenvalue weighted by molar-refractivity contribution is -0.240. The van der Waals surface area contributed by atoms with Crippen molar-refractivity contribution < 1.29 is 114 Å². The smallest absolute Gasteiger partial charge is 0.208 e. The predicted molar refractivity (Wildman–Crippen MR) is 388 cm³/mol. The van der Waals surface area contributed by atoms with Crippen molar-refractivity contribution in [2.75, 3.05) is 26.4 Å². The van der Waals surface area contributed by atoms with E-state index in [-0.39, 0.29) is 83.1 Å². The minimum absolute atomic E-state index is 0.0249. The van der Waals surface area contributed by atoms with E-state index in [2.05, 4.69) is 9.97 Å². The molecule has 0 amide bonds. The number of fused-ring (bicyclic) bond motifs is 32. The van der Waals surface area contributed by atoms with Crippen LogP contribution in [0.2, 0.25) is 0 Å². The number of ether oxygens (including phenoxy) is 24. The number of benzene rings is 4. The molecule has 112 heavy (non-hydrogen) atoms. The summed E-state index contributed by atoms with van der Waals surface area (Å²) in [7, 11) is 0. The van der Waals surface area contributed by atoms with Gasteiger partial charge in [0, 0.05) is 33.0 Å². The second kappa shape index (κ2) is 25.1. The van der Waals surface area contributed by atoms with E-state index in [1.54, 1.807) is 0 Å². The van der Waals surface area contributed by atoms with Crippen molar-refractivity contribution in [2.45, 2.75) is 280 Å². The van der Waals surface area contributed by atoms with Crippen LogP contribution in [0.5, 0.6) is 23.0 Å². The number of hydrogen-bond acceptors (Lipinski definition) is 30. The SMILES string of the molecule is CC1(C)O[C@H]2[C@@H](O1)[C@@H](COc1c(OC[C@H]3O[C@@H]4OC(C)(C)O[C@@H]4[C@H]4OC(C)(C)O[C@H]43)c(OC[C@H]3O[C@@H]4OC(C)(C)O[C@@H]4[C@H]4OC(C)(C)O[C@H]43)c3c4nc5nc(nc6[nH]c(nc7nc(nc([nH]4)c3c1OC[C@H]1O[C@@H]3OC(C)(C)O[C@@H]3[C@H]3OC(C)(C)O[C@H]31)-c1ccccc1-7)c1ccccc61)-c1ccccc1-5)O[C@@H]1OC(C)(C)O[C@@H]12. The first-order valence-corrected chi connectivity index (χ1v) is 38.5. The van der Waals surface area contributed by atoms with E-state index in [1.165, 1.54) is 0 Å². The monoisotopic (exact) mass is 1550 g/mol. The van der Waals surface area contributed by atoms with Gasteiger partial charge in [-0.15, -0.1) is 0 Å². The van der Waals surface area contributed by atoms with E-state index in [9.17, 15) is 0 Å². The highest BCUT2D eigenvalue weighted by Crippen LogP contribution is 2.57. The fourth-order valence-electron chi connectivity index (χ4n) is 18.3. The van der Waals surface area contributed by atoms with Crippen LogP contribution in [0.1, 0.15) is 111 Å². The second-order valence-electron chi connectivity index (χ2n) is 34.4. The number of hydrogen-bond donors (Lipinski definition) is 2. The van der Waals surface area contributed by atoms with Gasteiger partial charge in [0.25, 0.3) is 0 Å². The van der Waals surface area contributed by atoms with Crippen LogP contribution in [0.3, 0.4) is 0 Å². The molecule has 8 bridgehead atoms. The van der Waals surface area contributed by atoms with Gasteiger partial charge < -0.3 is 124 Å². The predicted octanol–water partition coefficient (Wildman–Crippen LogP) is 9.97. The molecule has 0 saturated carbocycles. The van der Waals surface area contributed by atoms with E-state index in [1.807, 2.05) is 184 Å². The minimum atomic E-state index is -1.11. The first-order chi connectivity index (χ1) is 53.2. The number of nitrogens with zero attached hydrogens (tertiary/aromatic N) is 6. The lowest BCUT2D eigenvalue weighted by Crippen LogP contribution is -2.57. The Balaban J connectivity index is 0.835. The summed E-state index contributed by atoms with van der Waals surface area (Å²) in [6.45, 7) is 28.2. The lowest BCUT2D eigenvalue weighted by Gasteiger charge is -2.38. The van der Waals surface area contributed by atoms with Gasteiger partial charge in [-0.1, -0.05) is 72.8 Å². The topological polar surface area (TPSA) is 330 Å². The second-order valence-corrected chi connectivity index (χ2v) is 34.4. The quantitative estimate of drug-likeness (QED) is 0.115. The molecular formula is C80H90N8O24. The van der Waals surface area contributed by atoms with Gasteiger partial charge in [0.15, 0.2) is 106 Å². The molecule has 14 aliphatic rings. The number of H-pyrrole nitrogens is 2. The number of aromatic nitrogens is 8. The molecule has 7 aromatic rings. The van der Waals surface area contributed by atoms with Crippen LogP contribution in [-0.4, -0.2) is 235 Å². The number of aromatic amines is 2. The highest BCUT2D eigenvalue weighted by Gasteiger charge is 2.66. The van der Waals surface area contributed by atoms with Gasteiger partial charge in [0.05, 0.1) is 10.8 Å². The summed E-state index contributed by atoms with van der Waals surface area (Å²) in [5.74, 6) is -7.49. The van der Waals surface area contributed by atoms with Crippen LogP contribution in [0.4, 0.5) is 0 Å². The van der Waals surface area contributed by atoms with Crippen molar-refractivity contribution in [2.24, 2.45) is 0 Å². The Morgan fingerprint density at radius 2 is 0.482 bits per heavy atom. The molecular weight excluding hydrogens is 1460 g/mol. The van der Waals surface area contributed by atoms with E-state index in [0.717, 1.165) is 10.8 Å². The number of nitrogens with one attached hydrogen (secondary N) is 2. The maximum absolute atomic E-state index is 7.70. The molecule has 32 heteroatoms. The van der Waals surface area contributed by atoms with Crippen molar-refractivity contribution in [3.8, 4) is 68.5 Å². The largest absolute Gasteiger partial charge is 0.486 e. The van der Waals surface area contributed by atoms with Crippen molar-refractivity contribution in [3.63, 3.8) is 0 Å². The molecule has 2 N–H and O–H groups in total. The van der Waals surface area contributed by atoms with Gasteiger partial charge in [0.1, 0.15) is 147 Å². The first-order valence-electron chi connectivity index (χ1n) is 38.5. The zero-order chi connectivity index (χ0) is 77.0. The summed E-state index contributed by atoms with van der Waals surface area (Å²) in [6.07, 6.45) is -16.2. The van der Waals surface area contributed by atoms with Crippen LogP contribution >= 0.6 is 0 Å². The fourth-order valence-corrected chi connectivity index (χ4v) is 18.3. The molecule has 3 aromatic heterocycles. The van der Waals surface area contributed by atoms with E-state index in [4.69, 9.17) is 144 Å². The molecule has 12 saturated heterocycles. The van der Waals surface area contributed by atoms with Gasteiger partial charge >= 0.3 is 0 Å². The molecule has 17 heterocycles. The minimum Gasteiger partial charge on any atom is -0.486 e. The third kappa shape index (κ3) is 12.3. The third-order valence-electron chi connectivity index (χ3n) is 22.4. The van der Waals surface area contributed by atoms with Crippen LogP contribution < -0.4 is 18.9 Å². The van der Waals surface area contributed by atoms with Crippen molar-refractivity contribution in [3.05, 3.63) is 72.8 Å². The summed E-state index contributed by atoms with van der Waals surface area (Å²) >= 11 is 0. The zero-order valence-electron chi connectivity index (χ0n) is 64.8. The maximum Gasteiger partial charge on any atom is 0.208 e. The average Bonchev–Trinajstić information content (AvgIpc) is 1.51. The highest BCUT2D eigenvalue weighted by molar-refractivity contribution is 6.14. The molecule has 21 rings (SSSR count). The van der Waals surface area contributed by atoms with Crippen LogP contribution in [0, 0.1) is 0 Å². The van der Waals surface area contributed by atoms with Crippen molar-refractivity contribution in [1.29, 1.82) is 0 Å². The Labute approximate surface area is 642 Å². The highest BCUT2D eigenvalue weighted by atomic mass is 16.9. The Bertz CT molecular complexity index is 4860. The maximum atomic E-state index is 7.70. The Hall–Kier alpha value is -7.36. The molecule has 14 aliphatic heterocycles. The average molecular weight is 1550 g/mol. The number of rotatable bonds is 12. The normalized spacial score (nSPS) is 36.2. The summed E-state index contributed by atoms with van der Waals surface area (Å²) in [5.41, 5.74) is 4.03. The van der Waals surface area contributed by atoms with Gasteiger partial charge in [-0.3, -0.25) is 0 Å².